The predicted molar refractivity (Wildman–Crippen MR) is 312 cm³/mol. The van der Waals surface area contributed by atoms with Crippen LogP contribution in [-0.2, 0) is 36.7 Å². The number of nitrogens with zero attached hydrogens (tertiary/aromatic N) is 2. The number of rotatable bonds is 11. The summed E-state index contributed by atoms with van der Waals surface area (Å²) in [5, 5.41) is 19.9. The van der Waals surface area contributed by atoms with Gasteiger partial charge in [0, 0.05) is 76.6 Å². The number of thiophene rings is 1. The fraction of sp³-hybridized carbons (Fsp3) is 0.358. The molecule has 0 spiro atoms. The van der Waals surface area contributed by atoms with Crippen LogP contribution < -0.4 is 0 Å². The van der Waals surface area contributed by atoms with Crippen LogP contribution >= 0.6 is 11.3 Å². The van der Waals surface area contributed by atoms with Crippen molar-refractivity contribution in [1.29, 1.82) is 0 Å². The summed E-state index contributed by atoms with van der Waals surface area (Å²) in [5.41, 5.74) is 11.1. The number of aliphatic hydroxyl groups is 1. The van der Waals surface area contributed by atoms with E-state index in [-0.39, 0.29) is 48.9 Å². The second-order valence-corrected chi connectivity index (χ2v) is 23.3. The summed E-state index contributed by atoms with van der Waals surface area (Å²) in [5.74, 6) is 1.07. The third-order valence-electron chi connectivity index (χ3n) is 13.9. The predicted octanol–water partition coefficient (Wildman–Crippen LogP) is 19.4. The largest absolute Gasteiger partial charge is 0.512 e. The molecule has 9 rings (SSSR count). The maximum absolute atomic E-state index is 11.7. The topological polar surface area (TPSA) is 63.1 Å². The number of hydrogen-bond acceptors (Lipinski definition) is 5. The zero-order chi connectivity index (χ0) is 52.1. The van der Waals surface area contributed by atoms with Crippen molar-refractivity contribution in [2.45, 2.75) is 140 Å². The van der Waals surface area contributed by atoms with E-state index in [4.69, 9.17) is 9.97 Å². The molecule has 0 aliphatic rings. The number of aliphatic hydroxyl groups excluding tert-OH is 1. The zero-order valence-corrected chi connectivity index (χ0v) is 49.0. The van der Waals surface area contributed by atoms with Crippen molar-refractivity contribution < 1.29 is 30.0 Å². The molecule has 4 nitrogen and oxygen atoms in total. The van der Waals surface area contributed by atoms with Gasteiger partial charge in [-0.25, -0.2) is 0 Å². The smallest absolute Gasteiger partial charge is 0.162 e. The molecule has 1 N–H and O–H groups in total. The minimum Gasteiger partial charge on any atom is -0.512 e. The van der Waals surface area contributed by atoms with Gasteiger partial charge in [-0.2, -0.15) is 0 Å². The summed E-state index contributed by atoms with van der Waals surface area (Å²) in [6.45, 7) is 30.5. The fourth-order valence-electron chi connectivity index (χ4n) is 10.0. The van der Waals surface area contributed by atoms with Crippen LogP contribution in [0.1, 0.15) is 143 Å². The zero-order valence-electron chi connectivity index (χ0n) is 45.8. The molecule has 1 radical (unpaired) electrons. The number of hydrogen-bond donors (Lipinski definition) is 1. The van der Waals surface area contributed by atoms with E-state index < -0.39 is 0 Å². The van der Waals surface area contributed by atoms with Gasteiger partial charge in [0.15, 0.2) is 5.78 Å². The van der Waals surface area contributed by atoms with Gasteiger partial charge in [0.05, 0.1) is 5.76 Å². The van der Waals surface area contributed by atoms with E-state index in [9.17, 15) is 9.90 Å². The van der Waals surface area contributed by atoms with E-state index in [2.05, 4.69) is 184 Å². The van der Waals surface area contributed by atoms with E-state index in [1.807, 2.05) is 51.4 Å². The van der Waals surface area contributed by atoms with Crippen molar-refractivity contribution >= 4 is 69.6 Å². The van der Waals surface area contributed by atoms with Gasteiger partial charge in [-0.05, 0) is 99.0 Å². The number of ketones is 1. The van der Waals surface area contributed by atoms with Crippen LogP contribution in [0.5, 0.6) is 0 Å². The van der Waals surface area contributed by atoms with Crippen molar-refractivity contribution in [3.05, 3.63) is 167 Å². The van der Waals surface area contributed by atoms with Gasteiger partial charge in [-0.3, -0.25) is 9.78 Å². The van der Waals surface area contributed by atoms with Gasteiger partial charge in [0.2, 0.25) is 0 Å². The number of carbonyl (C=O) groups is 1. The third kappa shape index (κ3) is 13.4. The summed E-state index contributed by atoms with van der Waals surface area (Å²) in [6, 6.07) is 44.8. The molecule has 0 aliphatic carbocycles. The molecule has 0 amide bonds. The Balaban J connectivity index is 0.000000188. The quantitative estimate of drug-likeness (QED) is 0.0796. The normalized spacial score (nSPS) is 12.2. The van der Waals surface area contributed by atoms with Crippen molar-refractivity contribution in [2.75, 3.05) is 0 Å². The molecule has 6 aromatic carbocycles. The molecule has 0 unspecified atom stereocenters. The Hall–Kier alpha value is -5.52. The molecular formula is C67H76IrN2O2S-2. The molecule has 0 fully saturated rings. The maximum Gasteiger partial charge on any atom is 0.162 e. The van der Waals surface area contributed by atoms with E-state index in [1.165, 1.54) is 75.4 Å². The second-order valence-electron chi connectivity index (χ2n) is 22.3. The molecule has 9 aromatic rings. The van der Waals surface area contributed by atoms with Gasteiger partial charge in [0.25, 0.3) is 0 Å². The first-order valence-electron chi connectivity index (χ1n) is 26.3. The summed E-state index contributed by atoms with van der Waals surface area (Å²) >= 11 is 1.86. The van der Waals surface area contributed by atoms with Gasteiger partial charge >= 0.3 is 0 Å². The Kier molecular flexibility index (Phi) is 18.8. The van der Waals surface area contributed by atoms with E-state index in [1.54, 1.807) is 0 Å². The first-order chi connectivity index (χ1) is 34.2. The molecule has 3 aromatic heterocycles. The Morgan fingerprint density at radius 1 is 0.644 bits per heavy atom. The molecule has 0 aliphatic heterocycles. The summed E-state index contributed by atoms with van der Waals surface area (Å²) < 4.78 is 2.60. The molecule has 73 heavy (non-hydrogen) atoms. The van der Waals surface area contributed by atoms with Crippen LogP contribution in [0, 0.1) is 43.2 Å². The summed E-state index contributed by atoms with van der Waals surface area (Å²) in [6.07, 6.45) is 9.85. The molecule has 0 atom stereocenters. The molecule has 383 valence electrons. The van der Waals surface area contributed by atoms with E-state index >= 15 is 0 Å². The first-order valence-corrected chi connectivity index (χ1v) is 27.1. The second kappa shape index (κ2) is 24.2. The van der Waals surface area contributed by atoms with Gasteiger partial charge in [0.1, 0.15) is 0 Å². The Bertz CT molecular complexity index is 3370. The molecule has 3 heterocycles. The summed E-state index contributed by atoms with van der Waals surface area (Å²) in [7, 11) is 0. The van der Waals surface area contributed by atoms with Crippen LogP contribution in [0.15, 0.2) is 127 Å². The van der Waals surface area contributed by atoms with Gasteiger partial charge in [-0.1, -0.05) is 175 Å². The molecule has 0 bridgehead atoms. The fourth-order valence-corrected chi connectivity index (χ4v) is 11.3. The van der Waals surface area contributed by atoms with Crippen LogP contribution in [0.4, 0.5) is 0 Å². The average Bonchev–Trinajstić information content (AvgIpc) is 3.73. The van der Waals surface area contributed by atoms with Crippen LogP contribution in [-0.4, -0.2) is 20.9 Å². The standard InChI is InChI=1S/C28H26NS.C26H26N.C13H24O2.Ir/c1-17-12-18(2)14-21(13-17)25-27-24(10-11-29-25)23-9-7-20-15-19(16-28(3,4)5)6-8-22(20)26(23)30-27;1-17(2)18-10-11-23-20(14-18)12-13-27-25(23)21-15-19-8-6-7-9-22(19)24(16-21)26(3,4)5;1-5-10(6-2)12(14)9-13(15)11(7-3)8-4;/h6-13,15H,16H2,1-5H3;6-14,16-17H,1-5H3;9-11,14H,5-8H2,1-4H3;/q2*-1;;/b;;12-9-;. The van der Waals surface area contributed by atoms with Crippen molar-refractivity contribution in [1.82, 2.24) is 9.97 Å². The van der Waals surface area contributed by atoms with E-state index in [0.717, 1.165) is 65.6 Å². The van der Waals surface area contributed by atoms with Crippen molar-refractivity contribution in [3.63, 3.8) is 0 Å². The third-order valence-corrected chi connectivity index (χ3v) is 15.2. The molecule has 0 saturated heterocycles. The van der Waals surface area contributed by atoms with Crippen molar-refractivity contribution in [2.24, 2.45) is 17.3 Å². The van der Waals surface area contributed by atoms with Gasteiger partial charge < -0.3 is 10.1 Å². The number of fused-ring (bicyclic) bond motifs is 7. The SMILES string of the molecule is CC(C)c1ccc2c(-c3[c-]c4ccccc4c(C(C)(C)C)c3)nccc2c1.CCC(CC)C(=O)/C=C(\O)C(CC)CC.Cc1[c-]c(-c2nccc3c2sc2c4ccc(CC(C)(C)C)cc4ccc32)cc(C)c1.[Ir]. The van der Waals surface area contributed by atoms with Crippen LogP contribution in [0.25, 0.3) is 75.0 Å². The number of aromatic nitrogens is 2. The van der Waals surface area contributed by atoms with Gasteiger partial charge in [-0.15, -0.1) is 75.4 Å². The summed E-state index contributed by atoms with van der Waals surface area (Å²) in [4.78, 5) is 21.2. The Morgan fingerprint density at radius 2 is 1.26 bits per heavy atom. The Morgan fingerprint density at radius 3 is 1.92 bits per heavy atom. The van der Waals surface area contributed by atoms with Crippen molar-refractivity contribution in [3.8, 4) is 22.5 Å². The first kappa shape index (κ1) is 56.8. The van der Waals surface area contributed by atoms with Crippen LogP contribution in [0.2, 0.25) is 0 Å². The van der Waals surface area contributed by atoms with E-state index in [0.29, 0.717) is 11.3 Å². The maximum atomic E-state index is 11.7. The number of carbonyl (C=O) groups excluding carboxylic acids is 1. The minimum absolute atomic E-state index is 0. The number of allylic oxidation sites excluding steroid dienone is 2. The molecule has 6 heteroatoms. The monoisotopic (exact) mass is 1170 g/mol. The Labute approximate surface area is 454 Å². The number of aryl methyl sites for hydroxylation is 2. The minimum atomic E-state index is 0. The van der Waals surface area contributed by atoms with Crippen LogP contribution in [0.3, 0.4) is 0 Å². The molecule has 0 saturated carbocycles. The molecular weight excluding hydrogens is 1090 g/mol. The number of benzene rings is 6. The number of pyridine rings is 2. The average molecular weight is 1170 g/mol.